The quantitative estimate of drug-likeness (QED) is 0.519. The molecule has 0 bridgehead atoms. The summed E-state index contributed by atoms with van der Waals surface area (Å²) in [7, 11) is 1.51. The van der Waals surface area contributed by atoms with Crippen molar-refractivity contribution in [2.24, 2.45) is 0 Å². The minimum absolute atomic E-state index is 0.0995. The second-order valence-corrected chi connectivity index (χ2v) is 2.82. The first-order valence-electron chi connectivity index (χ1n) is 3.86. The van der Waals surface area contributed by atoms with Crippen LogP contribution in [0.3, 0.4) is 0 Å². The van der Waals surface area contributed by atoms with E-state index in [9.17, 15) is 10.1 Å². The lowest BCUT2D eigenvalue weighted by atomic mass is 10.1. The fourth-order valence-corrected chi connectivity index (χ4v) is 1.33. The van der Waals surface area contributed by atoms with Gasteiger partial charge in [-0.15, -0.1) is 0 Å². The average molecular weight is 181 g/mol. The average Bonchev–Trinajstić information content (AvgIpc) is 2.04. The van der Waals surface area contributed by atoms with E-state index < -0.39 is 4.92 Å². The van der Waals surface area contributed by atoms with Crippen molar-refractivity contribution in [1.29, 1.82) is 0 Å². The highest BCUT2D eigenvalue weighted by molar-refractivity contribution is 5.52. The summed E-state index contributed by atoms with van der Waals surface area (Å²) in [6.07, 6.45) is 0. The second-order valence-electron chi connectivity index (χ2n) is 2.82. The number of ether oxygens (including phenoxy) is 1. The number of nitrogens with zero attached hydrogens (tertiary/aromatic N) is 1. The maximum atomic E-state index is 10.6. The molecule has 0 radical (unpaired) electrons. The van der Waals surface area contributed by atoms with Gasteiger partial charge >= 0.3 is 0 Å². The van der Waals surface area contributed by atoms with Crippen molar-refractivity contribution in [2.75, 3.05) is 7.11 Å². The molecule has 0 aliphatic carbocycles. The zero-order chi connectivity index (χ0) is 10.0. The minimum atomic E-state index is -0.405. The number of rotatable bonds is 2. The summed E-state index contributed by atoms with van der Waals surface area (Å²) < 4.78 is 5.06. The fourth-order valence-electron chi connectivity index (χ4n) is 1.33. The molecule has 0 amide bonds. The molecule has 0 aromatic heterocycles. The molecule has 13 heavy (non-hydrogen) atoms. The molecule has 0 N–H and O–H groups in total. The summed E-state index contributed by atoms with van der Waals surface area (Å²) in [4.78, 5) is 10.1. The summed E-state index contributed by atoms with van der Waals surface area (Å²) in [5, 5.41) is 10.6. The molecule has 0 saturated carbocycles. The van der Waals surface area contributed by atoms with Gasteiger partial charge in [-0.1, -0.05) is 0 Å². The Balaban J connectivity index is 3.35. The topological polar surface area (TPSA) is 52.4 Å². The van der Waals surface area contributed by atoms with Crippen LogP contribution in [0.25, 0.3) is 0 Å². The largest absolute Gasteiger partial charge is 0.496 e. The molecule has 0 saturated heterocycles. The van der Waals surface area contributed by atoms with Crippen LogP contribution in [0.2, 0.25) is 0 Å². The minimum Gasteiger partial charge on any atom is -0.496 e. The Morgan fingerprint density at radius 3 is 2.46 bits per heavy atom. The van der Waals surface area contributed by atoms with Crippen molar-refractivity contribution < 1.29 is 9.66 Å². The van der Waals surface area contributed by atoms with Gasteiger partial charge in [0, 0.05) is 6.07 Å². The van der Waals surface area contributed by atoms with E-state index in [-0.39, 0.29) is 5.69 Å². The van der Waals surface area contributed by atoms with Crippen molar-refractivity contribution in [3.8, 4) is 5.75 Å². The lowest BCUT2D eigenvalue weighted by Crippen LogP contribution is -1.96. The van der Waals surface area contributed by atoms with Gasteiger partial charge in [-0.05, 0) is 25.5 Å². The monoisotopic (exact) mass is 181 g/mol. The predicted molar refractivity (Wildman–Crippen MR) is 49.1 cm³/mol. The highest BCUT2D eigenvalue weighted by Crippen LogP contribution is 2.30. The van der Waals surface area contributed by atoms with Gasteiger partial charge in [0.1, 0.15) is 5.75 Å². The number of aryl methyl sites for hydroxylation is 1. The molecule has 1 aromatic rings. The number of methoxy groups -OCH3 is 1. The van der Waals surface area contributed by atoms with Crippen LogP contribution in [0.4, 0.5) is 5.69 Å². The number of nitro groups is 1. The summed E-state index contributed by atoms with van der Waals surface area (Å²) >= 11 is 0. The molecular weight excluding hydrogens is 170 g/mol. The first kappa shape index (κ1) is 9.51. The first-order valence-corrected chi connectivity index (χ1v) is 3.86. The van der Waals surface area contributed by atoms with Crippen LogP contribution in [0, 0.1) is 24.0 Å². The van der Waals surface area contributed by atoms with Gasteiger partial charge in [-0.25, -0.2) is 0 Å². The molecule has 0 heterocycles. The maximum absolute atomic E-state index is 10.6. The van der Waals surface area contributed by atoms with Crippen LogP contribution in [0.15, 0.2) is 12.1 Å². The molecule has 4 nitrogen and oxygen atoms in total. The fraction of sp³-hybridized carbons (Fsp3) is 0.333. The van der Waals surface area contributed by atoms with E-state index in [1.54, 1.807) is 13.0 Å². The summed E-state index contributed by atoms with van der Waals surface area (Å²) in [5.41, 5.74) is 1.58. The van der Waals surface area contributed by atoms with Crippen LogP contribution in [-0.4, -0.2) is 12.0 Å². The maximum Gasteiger partial charge on any atom is 0.276 e. The Hall–Kier alpha value is -1.58. The molecule has 0 fully saturated rings. The van der Waals surface area contributed by atoms with Crippen LogP contribution in [0.5, 0.6) is 5.75 Å². The van der Waals surface area contributed by atoms with Crippen LogP contribution >= 0.6 is 0 Å². The third-order valence-corrected chi connectivity index (χ3v) is 1.97. The highest BCUT2D eigenvalue weighted by Gasteiger charge is 2.15. The van der Waals surface area contributed by atoms with E-state index in [0.717, 1.165) is 5.56 Å². The summed E-state index contributed by atoms with van der Waals surface area (Å²) in [5.74, 6) is 0.592. The molecule has 0 atom stereocenters. The van der Waals surface area contributed by atoms with Gasteiger partial charge < -0.3 is 4.74 Å². The lowest BCUT2D eigenvalue weighted by Gasteiger charge is -2.07. The predicted octanol–water partition coefficient (Wildman–Crippen LogP) is 2.22. The van der Waals surface area contributed by atoms with Crippen molar-refractivity contribution in [2.45, 2.75) is 13.8 Å². The lowest BCUT2D eigenvalue weighted by molar-refractivity contribution is -0.385. The Kier molecular flexibility index (Phi) is 2.51. The third kappa shape index (κ3) is 1.61. The Morgan fingerprint density at radius 1 is 1.38 bits per heavy atom. The molecule has 0 aliphatic heterocycles. The molecule has 0 spiro atoms. The molecular formula is C9H11NO3. The number of hydrogen-bond acceptors (Lipinski definition) is 3. The van der Waals surface area contributed by atoms with E-state index in [1.165, 1.54) is 13.2 Å². The summed E-state index contributed by atoms with van der Waals surface area (Å²) in [6, 6.07) is 3.18. The number of nitro benzene ring substituents is 1. The van der Waals surface area contributed by atoms with Gasteiger partial charge in [-0.2, -0.15) is 0 Å². The van der Waals surface area contributed by atoms with Crippen LogP contribution < -0.4 is 4.74 Å². The van der Waals surface area contributed by atoms with Crippen molar-refractivity contribution >= 4 is 5.69 Å². The Bertz CT molecular complexity index is 347. The van der Waals surface area contributed by atoms with Crippen molar-refractivity contribution in [1.82, 2.24) is 0 Å². The van der Waals surface area contributed by atoms with E-state index in [2.05, 4.69) is 0 Å². The summed E-state index contributed by atoms with van der Waals surface area (Å²) in [6.45, 7) is 3.54. The number of hydrogen-bond donors (Lipinski definition) is 0. The SMILES string of the molecule is COc1c(C)ccc([N+](=O)[O-])c1C. The van der Waals surface area contributed by atoms with Crippen molar-refractivity contribution in [3.05, 3.63) is 33.4 Å². The zero-order valence-electron chi connectivity index (χ0n) is 7.83. The molecule has 0 unspecified atom stereocenters. The normalized spacial score (nSPS) is 9.77. The zero-order valence-corrected chi connectivity index (χ0v) is 7.83. The second kappa shape index (κ2) is 3.43. The van der Waals surface area contributed by atoms with E-state index in [4.69, 9.17) is 4.74 Å². The molecule has 70 valence electrons. The third-order valence-electron chi connectivity index (χ3n) is 1.97. The Labute approximate surface area is 76.3 Å². The molecule has 1 rings (SSSR count). The van der Waals surface area contributed by atoms with Gasteiger partial charge in [0.25, 0.3) is 5.69 Å². The van der Waals surface area contributed by atoms with Crippen molar-refractivity contribution in [3.63, 3.8) is 0 Å². The molecule has 1 aromatic carbocycles. The Morgan fingerprint density at radius 2 is 2.00 bits per heavy atom. The van der Waals surface area contributed by atoms with E-state index in [1.807, 2.05) is 6.92 Å². The smallest absolute Gasteiger partial charge is 0.276 e. The van der Waals surface area contributed by atoms with E-state index >= 15 is 0 Å². The van der Waals surface area contributed by atoms with Gasteiger partial charge in [-0.3, -0.25) is 10.1 Å². The standard InChI is InChI=1S/C9H11NO3/c1-6-4-5-8(10(11)12)7(2)9(6)13-3/h4-5H,1-3H3. The molecule has 4 heteroatoms. The number of benzene rings is 1. The highest BCUT2D eigenvalue weighted by atomic mass is 16.6. The molecule has 0 aliphatic rings. The van der Waals surface area contributed by atoms with Gasteiger partial charge in [0.15, 0.2) is 0 Å². The van der Waals surface area contributed by atoms with Crippen LogP contribution in [0.1, 0.15) is 11.1 Å². The van der Waals surface area contributed by atoms with Gasteiger partial charge in [0.2, 0.25) is 0 Å². The van der Waals surface area contributed by atoms with E-state index in [0.29, 0.717) is 11.3 Å². The van der Waals surface area contributed by atoms with Gasteiger partial charge in [0.05, 0.1) is 17.6 Å². The van der Waals surface area contributed by atoms with Crippen LogP contribution in [-0.2, 0) is 0 Å². The first-order chi connectivity index (χ1) is 6.07.